The fourth-order valence-corrected chi connectivity index (χ4v) is 4.90. The van der Waals surface area contributed by atoms with Gasteiger partial charge in [-0.15, -0.1) is 0 Å². The van der Waals surface area contributed by atoms with Gasteiger partial charge in [0.1, 0.15) is 0 Å². The molecule has 3 heterocycles. The van der Waals surface area contributed by atoms with Gasteiger partial charge in [-0.25, -0.2) is 0 Å². The van der Waals surface area contributed by atoms with E-state index < -0.39 is 5.60 Å². The maximum absolute atomic E-state index is 11.3. The highest BCUT2D eigenvalue weighted by atomic mass is 16.5. The van der Waals surface area contributed by atoms with Crippen molar-refractivity contribution in [3.8, 4) is 0 Å². The molecule has 3 atom stereocenters. The molecule has 18 heavy (non-hydrogen) atoms. The third kappa shape index (κ3) is 1.75. The zero-order chi connectivity index (χ0) is 13.2. The molecule has 0 saturated carbocycles. The van der Waals surface area contributed by atoms with Crippen molar-refractivity contribution in [1.29, 1.82) is 0 Å². The standard InChI is InChI=1S/C15H27NO2/c1-13(2)10-11(14(3,4)18-13)15(17)7-9-16-8-5-6-12(15)16/h11-12,17H,5-10H2,1-4H3. The Balaban J connectivity index is 1.90. The Labute approximate surface area is 110 Å². The van der Waals surface area contributed by atoms with Crippen LogP contribution in [-0.2, 0) is 4.74 Å². The number of nitrogens with zero attached hydrogens (tertiary/aromatic N) is 1. The Kier molecular flexibility index (Phi) is 2.66. The normalized spacial score (nSPS) is 46.5. The van der Waals surface area contributed by atoms with Gasteiger partial charge in [-0.1, -0.05) is 0 Å². The van der Waals surface area contributed by atoms with Gasteiger partial charge >= 0.3 is 0 Å². The molecule has 0 amide bonds. The van der Waals surface area contributed by atoms with Crippen LogP contribution in [0.4, 0.5) is 0 Å². The van der Waals surface area contributed by atoms with Gasteiger partial charge in [-0.3, -0.25) is 4.90 Å². The summed E-state index contributed by atoms with van der Waals surface area (Å²) in [6.45, 7) is 10.8. The topological polar surface area (TPSA) is 32.7 Å². The van der Waals surface area contributed by atoms with E-state index in [9.17, 15) is 5.11 Å². The van der Waals surface area contributed by atoms with Gasteiger partial charge in [-0.2, -0.15) is 0 Å². The van der Waals surface area contributed by atoms with E-state index in [1.54, 1.807) is 0 Å². The van der Waals surface area contributed by atoms with Crippen molar-refractivity contribution >= 4 is 0 Å². The molecule has 0 bridgehead atoms. The minimum absolute atomic E-state index is 0.101. The maximum Gasteiger partial charge on any atom is 0.0870 e. The molecule has 0 radical (unpaired) electrons. The fraction of sp³-hybridized carbons (Fsp3) is 1.00. The Morgan fingerprint density at radius 3 is 2.50 bits per heavy atom. The zero-order valence-electron chi connectivity index (χ0n) is 12.2. The average Bonchev–Trinajstić information content (AvgIpc) is 2.83. The van der Waals surface area contributed by atoms with Gasteiger partial charge in [0.2, 0.25) is 0 Å². The quantitative estimate of drug-likeness (QED) is 0.777. The van der Waals surface area contributed by atoms with Gasteiger partial charge in [0.15, 0.2) is 0 Å². The molecule has 3 heteroatoms. The molecule has 3 aliphatic rings. The predicted octanol–water partition coefficient (Wildman–Crippen LogP) is 2.18. The maximum atomic E-state index is 11.3. The van der Waals surface area contributed by atoms with Crippen LogP contribution in [0.5, 0.6) is 0 Å². The second-order valence-electron chi connectivity index (χ2n) is 7.66. The Morgan fingerprint density at radius 2 is 1.89 bits per heavy atom. The highest BCUT2D eigenvalue weighted by Gasteiger charge is 2.61. The van der Waals surface area contributed by atoms with E-state index in [0.29, 0.717) is 6.04 Å². The Bertz CT molecular complexity index is 352. The third-order valence-electron chi connectivity index (χ3n) is 5.42. The van der Waals surface area contributed by atoms with Gasteiger partial charge in [0.25, 0.3) is 0 Å². The van der Waals surface area contributed by atoms with Crippen LogP contribution in [0.15, 0.2) is 0 Å². The first-order valence-electron chi connectivity index (χ1n) is 7.41. The number of hydrogen-bond donors (Lipinski definition) is 1. The van der Waals surface area contributed by atoms with Crippen molar-refractivity contribution in [2.24, 2.45) is 5.92 Å². The van der Waals surface area contributed by atoms with Crippen LogP contribution in [0.2, 0.25) is 0 Å². The van der Waals surface area contributed by atoms with Crippen LogP contribution >= 0.6 is 0 Å². The summed E-state index contributed by atoms with van der Waals surface area (Å²) in [4.78, 5) is 2.49. The fourth-order valence-electron chi connectivity index (χ4n) is 4.90. The van der Waals surface area contributed by atoms with Crippen LogP contribution in [0.1, 0.15) is 53.4 Å². The molecule has 3 rings (SSSR count). The summed E-state index contributed by atoms with van der Waals surface area (Å²) in [5, 5.41) is 11.3. The van der Waals surface area contributed by atoms with Crippen molar-refractivity contribution in [3.05, 3.63) is 0 Å². The summed E-state index contributed by atoms with van der Waals surface area (Å²) in [6, 6.07) is 0.374. The lowest BCUT2D eigenvalue weighted by atomic mass is 9.70. The summed E-state index contributed by atoms with van der Waals surface area (Å²) in [7, 11) is 0. The lowest BCUT2D eigenvalue weighted by Gasteiger charge is -2.41. The number of aliphatic hydroxyl groups is 1. The SMILES string of the molecule is CC1(C)CC(C2(O)CCN3CCCC32)C(C)(C)O1. The minimum atomic E-state index is -0.534. The lowest BCUT2D eigenvalue weighted by Crippen LogP contribution is -2.53. The smallest absolute Gasteiger partial charge is 0.0870 e. The average molecular weight is 253 g/mol. The minimum Gasteiger partial charge on any atom is -0.388 e. The van der Waals surface area contributed by atoms with Crippen LogP contribution in [0, 0.1) is 5.92 Å². The van der Waals surface area contributed by atoms with E-state index in [2.05, 4.69) is 32.6 Å². The first kappa shape index (κ1) is 12.9. The lowest BCUT2D eigenvalue weighted by molar-refractivity contribution is -0.120. The second-order valence-corrected chi connectivity index (χ2v) is 7.66. The summed E-state index contributed by atoms with van der Waals surface area (Å²) in [5.74, 6) is 0.257. The first-order valence-corrected chi connectivity index (χ1v) is 7.41. The summed E-state index contributed by atoms with van der Waals surface area (Å²) in [5.41, 5.74) is -0.847. The molecule has 3 saturated heterocycles. The van der Waals surface area contributed by atoms with E-state index in [1.165, 1.54) is 13.0 Å². The van der Waals surface area contributed by atoms with Gasteiger partial charge in [0.05, 0.1) is 16.8 Å². The summed E-state index contributed by atoms with van der Waals surface area (Å²) >= 11 is 0. The molecule has 0 spiro atoms. The molecule has 0 aromatic carbocycles. The number of ether oxygens (including phenoxy) is 1. The van der Waals surface area contributed by atoms with Crippen molar-refractivity contribution in [3.63, 3.8) is 0 Å². The molecular weight excluding hydrogens is 226 g/mol. The third-order valence-corrected chi connectivity index (χ3v) is 5.42. The van der Waals surface area contributed by atoms with Crippen molar-refractivity contribution in [1.82, 2.24) is 4.90 Å². The van der Waals surface area contributed by atoms with E-state index in [0.717, 1.165) is 25.8 Å². The van der Waals surface area contributed by atoms with Crippen molar-refractivity contribution in [2.75, 3.05) is 13.1 Å². The van der Waals surface area contributed by atoms with Crippen LogP contribution in [0.25, 0.3) is 0 Å². The predicted molar refractivity (Wildman–Crippen MR) is 71.5 cm³/mol. The summed E-state index contributed by atoms with van der Waals surface area (Å²) in [6.07, 6.45) is 4.29. The molecule has 104 valence electrons. The molecule has 0 aliphatic carbocycles. The van der Waals surface area contributed by atoms with Gasteiger partial charge < -0.3 is 9.84 Å². The van der Waals surface area contributed by atoms with Gasteiger partial charge in [0, 0.05) is 18.5 Å². The van der Waals surface area contributed by atoms with Crippen LogP contribution in [-0.4, -0.2) is 45.9 Å². The number of fused-ring (bicyclic) bond motifs is 1. The van der Waals surface area contributed by atoms with E-state index in [4.69, 9.17) is 4.74 Å². The van der Waals surface area contributed by atoms with E-state index in [-0.39, 0.29) is 17.1 Å². The highest BCUT2D eigenvalue weighted by Crippen LogP contribution is 2.53. The largest absolute Gasteiger partial charge is 0.388 e. The molecule has 3 fully saturated rings. The molecular formula is C15H27NO2. The van der Waals surface area contributed by atoms with Crippen molar-refractivity contribution in [2.45, 2.75) is 76.2 Å². The van der Waals surface area contributed by atoms with Crippen LogP contribution in [0.3, 0.4) is 0 Å². The molecule has 3 aliphatic heterocycles. The molecule has 0 aromatic rings. The van der Waals surface area contributed by atoms with Crippen LogP contribution < -0.4 is 0 Å². The monoisotopic (exact) mass is 253 g/mol. The highest BCUT2D eigenvalue weighted by molar-refractivity contribution is 5.12. The van der Waals surface area contributed by atoms with Crippen molar-refractivity contribution < 1.29 is 9.84 Å². The van der Waals surface area contributed by atoms with E-state index in [1.807, 2.05) is 0 Å². The molecule has 1 N–H and O–H groups in total. The zero-order valence-corrected chi connectivity index (χ0v) is 12.2. The number of rotatable bonds is 1. The summed E-state index contributed by atoms with van der Waals surface area (Å²) < 4.78 is 6.20. The Morgan fingerprint density at radius 1 is 1.17 bits per heavy atom. The molecule has 3 unspecified atom stereocenters. The first-order chi connectivity index (χ1) is 8.25. The Hall–Kier alpha value is -0.120. The molecule has 0 aromatic heterocycles. The molecule has 3 nitrogen and oxygen atoms in total. The second kappa shape index (κ2) is 3.71. The van der Waals surface area contributed by atoms with Gasteiger partial charge in [-0.05, 0) is 59.9 Å². The van der Waals surface area contributed by atoms with E-state index >= 15 is 0 Å². The number of hydrogen-bond acceptors (Lipinski definition) is 3.